The molecule has 0 spiro atoms. The van der Waals surface area contributed by atoms with Crippen molar-refractivity contribution in [1.82, 2.24) is 0 Å². The predicted molar refractivity (Wildman–Crippen MR) is 148 cm³/mol. The van der Waals surface area contributed by atoms with Crippen LogP contribution in [0.25, 0.3) is 11.1 Å². The van der Waals surface area contributed by atoms with Gasteiger partial charge in [0.1, 0.15) is 12.4 Å². The van der Waals surface area contributed by atoms with Crippen molar-refractivity contribution in [2.24, 2.45) is 5.41 Å². The van der Waals surface area contributed by atoms with Crippen LogP contribution in [0.1, 0.15) is 68.2 Å². The van der Waals surface area contributed by atoms with Gasteiger partial charge in [0.2, 0.25) is 0 Å². The monoisotopic (exact) mass is 522 g/mol. The number of ether oxygens (including phenoxy) is 2. The van der Waals surface area contributed by atoms with Crippen molar-refractivity contribution in [2.75, 3.05) is 14.2 Å². The first-order valence-corrected chi connectivity index (χ1v) is 13.0. The van der Waals surface area contributed by atoms with E-state index in [0.717, 1.165) is 60.8 Å². The van der Waals surface area contributed by atoms with Gasteiger partial charge in [-0.1, -0.05) is 57.2 Å². The Morgan fingerprint density at radius 3 is 2.50 bits per heavy atom. The minimum absolute atomic E-state index is 0.0151. The summed E-state index contributed by atoms with van der Waals surface area (Å²) in [7, 11) is 2.48. The van der Waals surface area contributed by atoms with Gasteiger partial charge in [-0.05, 0) is 83.0 Å². The first-order chi connectivity index (χ1) is 18.1. The summed E-state index contributed by atoms with van der Waals surface area (Å²) in [6.45, 7) is 6.88. The average molecular weight is 523 g/mol. The zero-order chi connectivity index (χ0) is 27.9. The van der Waals surface area contributed by atoms with Crippen molar-refractivity contribution >= 4 is 5.97 Å². The molecular weight excluding hydrogens is 483 g/mol. The van der Waals surface area contributed by atoms with E-state index in [1.165, 1.54) is 12.7 Å². The van der Waals surface area contributed by atoms with Gasteiger partial charge in [-0.3, -0.25) is 4.79 Å². The van der Waals surface area contributed by atoms with Crippen LogP contribution in [0, 0.1) is 11.2 Å². The molecular formula is C32H39FO5. The van der Waals surface area contributed by atoms with Gasteiger partial charge in [-0.15, -0.1) is 0 Å². The third-order valence-electron chi connectivity index (χ3n) is 6.75. The fourth-order valence-corrected chi connectivity index (χ4v) is 5.15. The summed E-state index contributed by atoms with van der Waals surface area (Å²) in [5, 5.41) is 16.3. The molecule has 3 aromatic carbocycles. The molecule has 204 valence electrons. The number of aryl methyl sites for hydroxylation is 1. The number of benzene rings is 3. The van der Waals surface area contributed by atoms with Crippen molar-refractivity contribution in [3.05, 3.63) is 82.7 Å². The van der Waals surface area contributed by atoms with Gasteiger partial charge >= 0.3 is 5.97 Å². The maximum atomic E-state index is 15.1. The Hall–Kier alpha value is -3.38. The lowest BCUT2D eigenvalue weighted by atomic mass is 9.81. The van der Waals surface area contributed by atoms with Crippen LogP contribution < -0.4 is 9.47 Å². The number of fused-ring (bicyclic) bond motifs is 1. The molecule has 1 aliphatic rings. The molecule has 1 aliphatic carbocycles. The number of methoxy groups -OCH3 is 1. The Bertz CT molecular complexity index is 1250. The van der Waals surface area contributed by atoms with Crippen molar-refractivity contribution in [1.29, 1.82) is 0 Å². The number of aliphatic hydroxyl groups excluding tert-OH is 1. The van der Waals surface area contributed by atoms with Crippen LogP contribution >= 0.6 is 0 Å². The summed E-state index contributed by atoms with van der Waals surface area (Å²) in [6, 6.07) is 17.3. The molecule has 4 rings (SSSR count). The van der Waals surface area contributed by atoms with Crippen molar-refractivity contribution in [3.63, 3.8) is 0 Å². The summed E-state index contributed by atoms with van der Waals surface area (Å²) in [5.41, 5.74) is 5.77. The van der Waals surface area contributed by atoms with Crippen LogP contribution in [0.2, 0.25) is 0 Å². The molecule has 6 heteroatoms. The van der Waals surface area contributed by atoms with Crippen LogP contribution in [0.15, 0.2) is 54.6 Å². The van der Waals surface area contributed by atoms with E-state index in [4.69, 9.17) is 14.6 Å². The lowest BCUT2D eigenvalue weighted by Crippen LogP contribution is -2.14. The maximum absolute atomic E-state index is 15.1. The summed E-state index contributed by atoms with van der Waals surface area (Å²) >= 11 is 0. The smallest absolute Gasteiger partial charge is 0.303 e. The topological polar surface area (TPSA) is 76.0 Å². The van der Waals surface area contributed by atoms with Gasteiger partial charge < -0.3 is 19.7 Å². The molecule has 0 heterocycles. The van der Waals surface area contributed by atoms with E-state index in [1.807, 2.05) is 30.3 Å². The molecule has 0 radical (unpaired) electrons. The van der Waals surface area contributed by atoms with Crippen LogP contribution in [0.3, 0.4) is 0 Å². The number of rotatable bonds is 8. The molecule has 0 fully saturated rings. The van der Waals surface area contributed by atoms with Crippen LogP contribution in [-0.2, 0) is 24.2 Å². The minimum atomic E-state index is -0.766. The quantitative estimate of drug-likeness (QED) is 0.328. The van der Waals surface area contributed by atoms with E-state index in [-0.39, 0.29) is 29.3 Å². The highest BCUT2D eigenvalue weighted by Gasteiger charge is 2.23. The molecule has 0 saturated carbocycles. The largest absolute Gasteiger partial charge is 0.494 e. The van der Waals surface area contributed by atoms with Gasteiger partial charge in [-0.2, -0.15) is 0 Å². The molecule has 0 aliphatic heterocycles. The molecule has 3 aromatic rings. The van der Waals surface area contributed by atoms with Gasteiger partial charge in [-0.25, -0.2) is 4.39 Å². The highest BCUT2D eigenvalue weighted by molar-refractivity contribution is 5.70. The van der Waals surface area contributed by atoms with E-state index in [9.17, 15) is 9.90 Å². The number of hydrogen-bond donors (Lipinski definition) is 2. The third kappa shape index (κ3) is 7.35. The number of carboxylic acid groups (broad SMARTS) is 1. The Kier molecular flexibility index (Phi) is 9.92. The highest BCUT2D eigenvalue weighted by Crippen LogP contribution is 2.37. The number of carbonyl (C=O) groups is 1. The summed E-state index contributed by atoms with van der Waals surface area (Å²) in [5.74, 6) is -0.117. The second-order valence-electron chi connectivity index (χ2n) is 10.9. The normalized spacial score (nSPS) is 14.7. The number of carboxylic acids is 1. The lowest BCUT2D eigenvalue weighted by Gasteiger charge is -2.25. The van der Waals surface area contributed by atoms with Crippen LogP contribution in [0.5, 0.6) is 11.5 Å². The van der Waals surface area contributed by atoms with Crippen LogP contribution in [0.4, 0.5) is 4.39 Å². The van der Waals surface area contributed by atoms with Crippen molar-refractivity contribution in [2.45, 2.75) is 65.4 Å². The van der Waals surface area contributed by atoms with Crippen LogP contribution in [-0.4, -0.2) is 30.4 Å². The van der Waals surface area contributed by atoms with Crippen molar-refractivity contribution < 1.29 is 28.9 Å². The molecule has 2 N–H and O–H groups in total. The van der Waals surface area contributed by atoms with Gasteiger partial charge in [0.25, 0.3) is 0 Å². The average Bonchev–Trinajstić information content (AvgIpc) is 2.88. The highest BCUT2D eigenvalue weighted by atomic mass is 19.1. The van der Waals surface area contributed by atoms with Gasteiger partial charge in [0.05, 0.1) is 13.5 Å². The Labute approximate surface area is 225 Å². The molecule has 0 saturated heterocycles. The zero-order valence-electron chi connectivity index (χ0n) is 23.0. The predicted octanol–water partition coefficient (Wildman–Crippen LogP) is 7.17. The minimum Gasteiger partial charge on any atom is -0.494 e. The first kappa shape index (κ1) is 29.2. The number of aliphatic hydroxyl groups is 1. The van der Waals surface area contributed by atoms with Gasteiger partial charge in [0, 0.05) is 12.7 Å². The first-order valence-electron chi connectivity index (χ1n) is 13.0. The Morgan fingerprint density at radius 1 is 1.05 bits per heavy atom. The fourth-order valence-electron chi connectivity index (χ4n) is 5.15. The Balaban J connectivity index is 0.00000195. The summed E-state index contributed by atoms with van der Waals surface area (Å²) in [6.07, 6.45) is 3.81. The number of hydrogen-bond acceptors (Lipinski definition) is 4. The molecule has 0 bridgehead atoms. The number of halogens is 1. The lowest BCUT2D eigenvalue weighted by molar-refractivity contribution is -0.137. The second kappa shape index (κ2) is 12.9. The summed E-state index contributed by atoms with van der Waals surface area (Å²) < 4.78 is 26.5. The zero-order valence-corrected chi connectivity index (χ0v) is 23.0. The van der Waals surface area contributed by atoms with E-state index in [0.29, 0.717) is 12.2 Å². The fraction of sp³-hybridized carbons (Fsp3) is 0.406. The van der Waals surface area contributed by atoms with E-state index in [1.54, 1.807) is 12.1 Å². The van der Waals surface area contributed by atoms with Crippen molar-refractivity contribution in [3.8, 4) is 22.6 Å². The summed E-state index contributed by atoms with van der Waals surface area (Å²) in [4.78, 5) is 11.3. The third-order valence-corrected chi connectivity index (χ3v) is 6.75. The maximum Gasteiger partial charge on any atom is 0.303 e. The standard InChI is InChI=1S/C31H35FO4.CH4O/c1-31(2,3)18-23-15-20(11-14-25(23)26-9-6-10-28(35-4)30(26)32)19-36-24-13-12-21-7-5-8-22(16-29(33)34)27(21)17-24;1-2/h6,9-15,17,22H,5,7-8,16,18-19H2,1-4H3,(H,33,34);2H,1H3. The molecule has 0 aromatic heterocycles. The van der Waals surface area contributed by atoms with E-state index in [2.05, 4.69) is 32.9 Å². The SMILES string of the molecule is CO.COc1cccc(-c2ccc(COc3ccc4c(c3)C(CC(=O)O)CCC4)cc2CC(C)(C)C)c1F. The molecule has 5 nitrogen and oxygen atoms in total. The van der Waals surface area contributed by atoms with E-state index >= 15 is 4.39 Å². The Morgan fingerprint density at radius 2 is 1.82 bits per heavy atom. The number of aliphatic carboxylic acids is 1. The van der Waals surface area contributed by atoms with Gasteiger partial charge in [0.15, 0.2) is 11.6 Å². The van der Waals surface area contributed by atoms with E-state index < -0.39 is 5.97 Å². The molecule has 38 heavy (non-hydrogen) atoms. The second-order valence-corrected chi connectivity index (χ2v) is 10.9. The molecule has 1 unspecified atom stereocenters. The molecule has 1 atom stereocenters. The molecule has 0 amide bonds.